The number of aryl methyl sites for hydroxylation is 2. The Morgan fingerprint density at radius 2 is 2.19 bits per heavy atom. The zero-order chi connectivity index (χ0) is 11.7. The number of nitrogens with zero attached hydrogens (tertiary/aromatic N) is 4. The molecule has 0 saturated carbocycles. The van der Waals surface area contributed by atoms with Gasteiger partial charge in [-0.25, -0.2) is 4.98 Å². The molecule has 0 fully saturated rings. The summed E-state index contributed by atoms with van der Waals surface area (Å²) in [7, 11) is 1.85. The lowest BCUT2D eigenvalue weighted by atomic mass is 10.1. The van der Waals surface area contributed by atoms with Crippen LogP contribution in [0.4, 0.5) is 0 Å². The first-order chi connectivity index (χ1) is 7.61. The van der Waals surface area contributed by atoms with Crippen LogP contribution in [-0.2, 0) is 7.05 Å². The predicted molar refractivity (Wildman–Crippen MR) is 60.9 cm³/mol. The highest BCUT2D eigenvalue weighted by Crippen LogP contribution is 2.23. The van der Waals surface area contributed by atoms with Gasteiger partial charge in [0.2, 0.25) is 0 Å². The minimum Gasteiger partial charge on any atom is -0.275 e. The van der Waals surface area contributed by atoms with Gasteiger partial charge in [0.15, 0.2) is 0 Å². The molecule has 0 amide bonds. The van der Waals surface area contributed by atoms with Crippen LogP contribution in [0.1, 0.15) is 11.3 Å². The molecule has 0 aliphatic heterocycles. The lowest BCUT2D eigenvalue weighted by molar-refractivity contribution is 0.756. The molecular weight excluding hydrogens is 224 g/mol. The van der Waals surface area contributed by atoms with Crippen LogP contribution in [0, 0.1) is 18.3 Å². The van der Waals surface area contributed by atoms with Crippen molar-refractivity contribution in [2.24, 2.45) is 7.05 Å². The van der Waals surface area contributed by atoms with E-state index in [4.69, 9.17) is 16.9 Å². The Labute approximate surface area is 98.1 Å². The number of hydrogen-bond acceptors (Lipinski definition) is 3. The Kier molecular flexibility index (Phi) is 2.63. The molecule has 0 spiro atoms. The molecule has 4 nitrogen and oxygen atoms in total. The van der Waals surface area contributed by atoms with Crippen LogP contribution in [0.2, 0.25) is 5.15 Å². The summed E-state index contributed by atoms with van der Waals surface area (Å²) in [6.45, 7) is 1.91. The molecule has 0 aliphatic rings. The molecule has 2 aromatic rings. The van der Waals surface area contributed by atoms with Crippen molar-refractivity contribution in [1.29, 1.82) is 5.26 Å². The van der Waals surface area contributed by atoms with Gasteiger partial charge in [0.25, 0.3) is 0 Å². The largest absolute Gasteiger partial charge is 0.275 e. The fraction of sp³-hybridized carbons (Fsp3) is 0.182. The Morgan fingerprint density at radius 3 is 2.69 bits per heavy atom. The molecule has 0 N–H and O–H groups in total. The molecule has 0 radical (unpaired) electrons. The summed E-state index contributed by atoms with van der Waals surface area (Å²) in [5, 5.41) is 13.2. The van der Waals surface area contributed by atoms with Gasteiger partial charge >= 0.3 is 0 Å². The van der Waals surface area contributed by atoms with Crippen LogP contribution >= 0.6 is 11.6 Å². The zero-order valence-electron chi connectivity index (χ0n) is 8.90. The molecule has 2 heterocycles. The second-order valence-corrected chi connectivity index (χ2v) is 3.81. The van der Waals surface area contributed by atoms with Gasteiger partial charge in [-0.05, 0) is 19.1 Å². The van der Waals surface area contributed by atoms with E-state index >= 15 is 0 Å². The third-order valence-electron chi connectivity index (χ3n) is 2.26. The fourth-order valence-electron chi connectivity index (χ4n) is 1.52. The first kappa shape index (κ1) is 10.7. The number of aromatic nitrogens is 3. The van der Waals surface area contributed by atoms with E-state index in [0.717, 1.165) is 17.0 Å². The third-order valence-corrected chi connectivity index (χ3v) is 2.55. The van der Waals surface area contributed by atoms with Gasteiger partial charge in [0.1, 0.15) is 11.2 Å². The van der Waals surface area contributed by atoms with Gasteiger partial charge < -0.3 is 0 Å². The maximum Gasteiger partial charge on any atom is 0.147 e. The van der Waals surface area contributed by atoms with Gasteiger partial charge in [-0.3, -0.25) is 4.68 Å². The highest BCUT2D eigenvalue weighted by molar-refractivity contribution is 6.30. The SMILES string of the molecule is Cc1nn(C)cc1-c1ccc(C#N)c(Cl)n1. The summed E-state index contributed by atoms with van der Waals surface area (Å²) in [5.74, 6) is 0. The van der Waals surface area contributed by atoms with Crippen molar-refractivity contribution in [2.45, 2.75) is 6.92 Å². The Morgan fingerprint density at radius 1 is 1.44 bits per heavy atom. The van der Waals surface area contributed by atoms with E-state index in [-0.39, 0.29) is 5.15 Å². The van der Waals surface area contributed by atoms with E-state index in [1.54, 1.807) is 16.8 Å². The predicted octanol–water partition coefficient (Wildman–Crippen LogP) is 2.32. The second kappa shape index (κ2) is 3.95. The maximum atomic E-state index is 8.75. The van der Waals surface area contributed by atoms with Gasteiger partial charge in [-0.15, -0.1) is 0 Å². The quantitative estimate of drug-likeness (QED) is 0.709. The highest BCUT2D eigenvalue weighted by Gasteiger charge is 2.09. The average molecular weight is 233 g/mol. The van der Waals surface area contributed by atoms with Crippen molar-refractivity contribution in [3.8, 4) is 17.3 Å². The first-order valence-corrected chi connectivity index (χ1v) is 5.07. The van der Waals surface area contributed by atoms with Crippen LogP contribution in [-0.4, -0.2) is 14.8 Å². The average Bonchev–Trinajstić information content (AvgIpc) is 2.58. The van der Waals surface area contributed by atoms with E-state index in [1.807, 2.05) is 26.2 Å². The Hall–Kier alpha value is -1.86. The van der Waals surface area contributed by atoms with Crippen molar-refractivity contribution in [3.63, 3.8) is 0 Å². The van der Waals surface area contributed by atoms with E-state index in [9.17, 15) is 0 Å². The summed E-state index contributed by atoms with van der Waals surface area (Å²) in [6.07, 6.45) is 1.88. The van der Waals surface area contributed by atoms with Crippen LogP contribution < -0.4 is 0 Å². The fourth-order valence-corrected chi connectivity index (χ4v) is 1.72. The minimum absolute atomic E-state index is 0.225. The summed E-state index contributed by atoms with van der Waals surface area (Å²) in [5.41, 5.74) is 2.92. The molecule has 5 heteroatoms. The summed E-state index contributed by atoms with van der Waals surface area (Å²) in [4.78, 5) is 4.18. The van der Waals surface area contributed by atoms with Crippen molar-refractivity contribution in [3.05, 3.63) is 34.7 Å². The van der Waals surface area contributed by atoms with Crippen molar-refractivity contribution < 1.29 is 0 Å². The zero-order valence-corrected chi connectivity index (χ0v) is 9.65. The first-order valence-electron chi connectivity index (χ1n) is 4.69. The molecule has 80 valence electrons. The van der Waals surface area contributed by atoms with Gasteiger partial charge in [0, 0.05) is 18.8 Å². The number of hydrogen-bond donors (Lipinski definition) is 0. The molecule has 0 atom stereocenters. The normalized spacial score (nSPS) is 10.1. The number of pyridine rings is 1. The molecule has 0 aliphatic carbocycles. The lowest BCUT2D eigenvalue weighted by Crippen LogP contribution is -1.87. The van der Waals surface area contributed by atoms with Gasteiger partial charge in [0.05, 0.1) is 17.0 Å². The molecule has 0 saturated heterocycles. The van der Waals surface area contributed by atoms with Gasteiger partial charge in [-0.1, -0.05) is 11.6 Å². The van der Waals surface area contributed by atoms with Gasteiger partial charge in [-0.2, -0.15) is 10.4 Å². The van der Waals surface area contributed by atoms with E-state index in [2.05, 4.69) is 10.1 Å². The molecule has 0 aromatic carbocycles. The molecule has 0 unspecified atom stereocenters. The maximum absolute atomic E-state index is 8.75. The van der Waals surface area contributed by atoms with E-state index in [1.165, 1.54) is 0 Å². The van der Waals surface area contributed by atoms with Crippen LogP contribution in [0.5, 0.6) is 0 Å². The topological polar surface area (TPSA) is 54.5 Å². The standard InChI is InChI=1S/C11H9ClN4/c1-7-9(6-16(2)15-7)10-4-3-8(5-13)11(12)14-10/h3-4,6H,1-2H3. The smallest absolute Gasteiger partial charge is 0.147 e. The minimum atomic E-state index is 0.225. The number of rotatable bonds is 1. The monoisotopic (exact) mass is 232 g/mol. The van der Waals surface area contributed by atoms with Crippen molar-refractivity contribution in [1.82, 2.24) is 14.8 Å². The van der Waals surface area contributed by atoms with Crippen LogP contribution in [0.15, 0.2) is 18.3 Å². The molecular formula is C11H9ClN4. The molecule has 2 rings (SSSR count). The number of halogens is 1. The summed E-state index contributed by atoms with van der Waals surface area (Å²) in [6, 6.07) is 5.41. The summed E-state index contributed by atoms with van der Waals surface area (Å²) < 4.78 is 1.72. The van der Waals surface area contributed by atoms with Crippen LogP contribution in [0.3, 0.4) is 0 Å². The third kappa shape index (κ3) is 1.77. The molecule has 16 heavy (non-hydrogen) atoms. The molecule has 2 aromatic heterocycles. The number of nitriles is 1. The van der Waals surface area contributed by atoms with Crippen molar-refractivity contribution in [2.75, 3.05) is 0 Å². The summed E-state index contributed by atoms with van der Waals surface area (Å²) >= 11 is 5.88. The highest BCUT2D eigenvalue weighted by atomic mass is 35.5. The lowest BCUT2D eigenvalue weighted by Gasteiger charge is -1.99. The van der Waals surface area contributed by atoms with Crippen LogP contribution in [0.25, 0.3) is 11.3 Å². The Balaban J connectivity index is 2.54. The second-order valence-electron chi connectivity index (χ2n) is 3.45. The van der Waals surface area contributed by atoms with E-state index in [0.29, 0.717) is 5.56 Å². The van der Waals surface area contributed by atoms with Crippen molar-refractivity contribution >= 4 is 11.6 Å². The Bertz CT molecular complexity index is 580. The molecule has 0 bridgehead atoms. The van der Waals surface area contributed by atoms with E-state index < -0.39 is 0 Å².